The summed E-state index contributed by atoms with van der Waals surface area (Å²) in [4.78, 5) is 2.33. The molecule has 1 saturated heterocycles. The number of hydrogen-bond acceptors (Lipinski definition) is 6. The average Bonchev–Trinajstić information content (AvgIpc) is 2.87. The number of β-amino-alcohol motifs (C(OH)–C–C–N with tert-alkyl or cyclic N) is 1. The lowest BCUT2D eigenvalue weighted by Crippen LogP contribution is -2.38. The SMILES string of the molecule is COc1ccc2cccc(OCC3CCN(C[C@@H](O)c4ccc5c(c4)OCCO5)CC3)c2c1. The standard InChI is InChI=1S/C27H31NO5/c1-30-22-7-5-20-3-2-4-25(23(20)16-22)33-18-19-9-11-28(12-10-19)17-24(29)21-6-8-26-27(15-21)32-14-13-31-26/h2-8,15-16,19,24,29H,9-14,17-18H2,1H3/t24-/m1/s1. The molecule has 174 valence electrons. The van der Waals surface area contributed by atoms with Crippen molar-refractivity contribution in [2.45, 2.75) is 18.9 Å². The zero-order valence-electron chi connectivity index (χ0n) is 19.0. The highest BCUT2D eigenvalue weighted by molar-refractivity contribution is 5.89. The number of nitrogens with zero attached hydrogens (tertiary/aromatic N) is 1. The minimum absolute atomic E-state index is 0.508. The third-order valence-corrected chi connectivity index (χ3v) is 6.61. The van der Waals surface area contributed by atoms with E-state index in [1.165, 1.54) is 0 Å². The minimum atomic E-state index is -0.542. The van der Waals surface area contributed by atoms with Crippen molar-refractivity contribution < 1.29 is 24.1 Å². The molecule has 2 aliphatic heterocycles. The zero-order valence-corrected chi connectivity index (χ0v) is 19.0. The first kappa shape index (κ1) is 21.9. The van der Waals surface area contributed by atoms with Crippen molar-refractivity contribution in [3.05, 3.63) is 60.2 Å². The summed E-state index contributed by atoms with van der Waals surface area (Å²) in [6.45, 7) is 4.36. The molecule has 33 heavy (non-hydrogen) atoms. The summed E-state index contributed by atoms with van der Waals surface area (Å²) in [6, 6.07) is 17.9. The van der Waals surface area contributed by atoms with Crippen LogP contribution in [0.25, 0.3) is 10.8 Å². The van der Waals surface area contributed by atoms with E-state index >= 15 is 0 Å². The lowest BCUT2D eigenvalue weighted by Gasteiger charge is -2.33. The normalized spacial score (nSPS) is 17.6. The average molecular weight is 450 g/mol. The van der Waals surface area contributed by atoms with Gasteiger partial charge < -0.3 is 29.0 Å². The molecule has 5 rings (SSSR count). The van der Waals surface area contributed by atoms with Gasteiger partial charge in [-0.2, -0.15) is 0 Å². The highest BCUT2D eigenvalue weighted by Gasteiger charge is 2.23. The highest BCUT2D eigenvalue weighted by Crippen LogP contribution is 2.33. The molecule has 0 unspecified atom stereocenters. The largest absolute Gasteiger partial charge is 0.497 e. The third kappa shape index (κ3) is 5.02. The van der Waals surface area contributed by atoms with Crippen LogP contribution in [0.15, 0.2) is 54.6 Å². The number of aliphatic hydroxyl groups is 1. The van der Waals surface area contributed by atoms with Crippen molar-refractivity contribution in [1.82, 2.24) is 4.90 Å². The van der Waals surface area contributed by atoms with E-state index in [4.69, 9.17) is 18.9 Å². The van der Waals surface area contributed by atoms with Crippen molar-refractivity contribution in [3.8, 4) is 23.0 Å². The molecule has 0 aliphatic carbocycles. The number of methoxy groups -OCH3 is 1. The molecule has 0 bridgehead atoms. The number of rotatable bonds is 7. The number of aliphatic hydroxyl groups excluding tert-OH is 1. The van der Waals surface area contributed by atoms with Gasteiger partial charge in [0.2, 0.25) is 0 Å². The number of piperidine rings is 1. The first-order valence-electron chi connectivity index (χ1n) is 11.7. The first-order valence-corrected chi connectivity index (χ1v) is 11.7. The van der Waals surface area contributed by atoms with Crippen LogP contribution in [0.3, 0.4) is 0 Å². The summed E-state index contributed by atoms with van der Waals surface area (Å²) in [5.41, 5.74) is 0.871. The van der Waals surface area contributed by atoms with E-state index < -0.39 is 6.10 Å². The van der Waals surface area contributed by atoms with E-state index in [1.807, 2.05) is 42.5 Å². The molecule has 3 aromatic rings. The number of ether oxygens (including phenoxy) is 4. The van der Waals surface area contributed by atoms with Gasteiger partial charge in [-0.15, -0.1) is 0 Å². The molecular formula is C27H31NO5. The molecule has 0 spiro atoms. The first-order chi connectivity index (χ1) is 16.2. The zero-order chi connectivity index (χ0) is 22.6. The van der Waals surface area contributed by atoms with Crippen LogP contribution in [0.4, 0.5) is 0 Å². The molecule has 3 aromatic carbocycles. The molecule has 6 nitrogen and oxygen atoms in total. The Labute approximate surface area is 194 Å². The second-order valence-electron chi connectivity index (χ2n) is 8.82. The van der Waals surface area contributed by atoms with Gasteiger partial charge in [0.25, 0.3) is 0 Å². The summed E-state index contributed by atoms with van der Waals surface area (Å²) in [5.74, 6) is 3.72. The Morgan fingerprint density at radius 2 is 1.82 bits per heavy atom. The Kier molecular flexibility index (Phi) is 6.55. The van der Waals surface area contributed by atoms with E-state index in [0.29, 0.717) is 32.3 Å². The maximum absolute atomic E-state index is 10.8. The van der Waals surface area contributed by atoms with Crippen LogP contribution in [-0.2, 0) is 0 Å². The Bertz CT molecular complexity index is 1090. The minimum Gasteiger partial charge on any atom is -0.497 e. The molecule has 6 heteroatoms. The van der Waals surface area contributed by atoms with Crippen LogP contribution in [-0.4, -0.2) is 56.6 Å². The second-order valence-corrected chi connectivity index (χ2v) is 8.82. The van der Waals surface area contributed by atoms with Crippen LogP contribution in [0.1, 0.15) is 24.5 Å². The molecular weight excluding hydrogens is 418 g/mol. The Morgan fingerprint density at radius 1 is 1.00 bits per heavy atom. The van der Waals surface area contributed by atoms with Crippen molar-refractivity contribution >= 4 is 10.8 Å². The molecule has 0 saturated carbocycles. The number of hydrogen-bond donors (Lipinski definition) is 1. The van der Waals surface area contributed by atoms with Crippen LogP contribution < -0.4 is 18.9 Å². The molecule has 0 aromatic heterocycles. The van der Waals surface area contributed by atoms with Gasteiger partial charge in [0, 0.05) is 11.9 Å². The van der Waals surface area contributed by atoms with Gasteiger partial charge in [-0.25, -0.2) is 0 Å². The van der Waals surface area contributed by atoms with Crippen molar-refractivity contribution in [1.29, 1.82) is 0 Å². The van der Waals surface area contributed by atoms with Crippen LogP contribution in [0, 0.1) is 5.92 Å². The number of benzene rings is 3. The fraction of sp³-hybridized carbons (Fsp3) is 0.407. The fourth-order valence-electron chi connectivity index (χ4n) is 4.64. The second kappa shape index (κ2) is 9.89. The highest BCUT2D eigenvalue weighted by atomic mass is 16.6. The summed E-state index contributed by atoms with van der Waals surface area (Å²) in [6.07, 6.45) is 1.57. The third-order valence-electron chi connectivity index (χ3n) is 6.61. The van der Waals surface area contributed by atoms with Gasteiger partial charge in [0.05, 0.1) is 19.8 Å². The molecule has 2 aliphatic rings. The summed E-state index contributed by atoms with van der Waals surface area (Å²) < 4.78 is 22.9. The van der Waals surface area contributed by atoms with E-state index in [0.717, 1.165) is 65.3 Å². The van der Waals surface area contributed by atoms with E-state index in [1.54, 1.807) is 7.11 Å². The lowest BCUT2D eigenvalue weighted by molar-refractivity contribution is 0.0790. The molecule has 1 fully saturated rings. The molecule has 1 N–H and O–H groups in total. The summed E-state index contributed by atoms with van der Waals surface area (Å²) >= 11 is 0. The molecule has 2 heterocycles. The van der Waals surface area contributed by atoms with Crippen LogP contribution in [0.2, 0.25) is 0 Å². The maximum atomic E-state index is 10.8. The molecule has 1 atom stereocenters. The Hall–Kier alpha value is -2.96. The van der Waals surface area contributed by atoms with E-state index in [-0.39, 0.29) is 0 Å². The van der Waals surface area contributed by atoms with Crippen LogP contribution in [0.5, 0.6) is 23.0 Å². The van der Waals surface area contributed by atoms with Gasteiger partial charge in [0.1, 0.15) is 24.7 Å². The van der Waals surface area contributed by atoms with Crippen molar-refractivity contribution in [2.75, 3.05) is 46.6 Å². The van der Waals surface area contributed by atoms with Gasteiger partial charge >= 0.3 is 0 Å². The predicted octanol–water partition coefficient (Wildman–Crippen LogP) is 4.44. The predicted molar refractivity (Wildman–Crippen MR) is 128 cm³/mol. The number of fused-ring (bicyclic) bond motifs is 2. The lowest BCUT2D eigenvalue weighted by atomic mass is 9.97. The smallest absolute Gasteiger partial charge is 0.161 e. The molecule has 0 amide bonds. The Balaban J connectivity index is 1.13. The van der Waals surface area contributed by atoms with Crippen molar-refractivity contribution in [3.63, 3.8) is 0 Å². The van der Waals surface area contributed by atoms with Gasteiger partial charge in [0.15, 0.2) is 11.5 Å². The van der Waals surface area contributed by atoms with Gasteiger partial charge in [-0.1, -0.05) is 24.3 Å². The quantitative estimate of drug-likeness (QED) is 0.575. The van der Waals surface area contributed by atoms with E-state index in [2.05, 4.69) is 17.0 Å². The summed E-state index contributed by atoms with van der Waals surface area (Å²) in [5, 5.41) is 13.0. The van der Waals surface area contributed by atoms with Gasteiger partial charge in [-0.3, -0.25) is 0 Å². The van der Waals surface area contributed by atoms with Crippen molar-refractivity contribution in [2.24, 2.45) is 5.92 Å². The van der Waals surface area contributed by atoms with E-state index in [9.17, 15) is 5.11 Å². The Morgan fingerprint density at radius 3 is 2.64 bits per heavy atom. The maximum Gasteiger partial charge on any atom is 0.161 e. The monoisotopic (exact) mass is 449 g/mol. The topological polar surface area (TPSA) is 60.4 Å². The van der Waals surface area contributed by atoms with Crippen LogP contribution >= 0.6 is 0 Å². The fourth-order valence-corrected chi connectivity index (χ4v) is 4.64. The van der Waals surface area contributed by atoms with Gasteiger partial charge in [-0.05, 0) is 73.1 Å². The molecule has 0 radical (unpaired) electrons. The number of likely N-dealkylation sites (tertiary alicyclic amines) is 1. The summed E-state index contributed by atoms with van der Waals surface area (Å²) in [7, 11) is 1.68.